The van der Waals surface area contributed by atoms with Gasteiger partial charge in [-0.3, -0.25) is 4.79 Å². The van der Waals surface area contributed by atoms with E-state index in [4.69, 9.17) is 21.3 Å². The number of aromatic amines is 1. The number of imidazole rings is 1. The Morgan fingerprint density at radius 1 is 1.18 bits per heavy atom. The SMILES string of the molecule is C[C@H](Nc1nccc(-c2cncn2Cc2ccccc2)n1)c1cc2cc(Cl)c(OCC3CC3)cc2[nH]c1=O. The fourth-order valence-corrected chi connectivity index (χ4v) is 4.66. The molecule has 192 valence electrons. The van der Waals surface area contributed by atoms with Crippen LogP contribution in [0.25, 0.3) is 22.3 Å². The first-order valence-electron chi connectivity index (χ1n) is 12.7. The normalized spacial score (nSPS) is 13.9. The molecule has 0 unspecified atom stereocenters. The molecular formula is C29H27ClN6O2. The van der Waals surface area contributed by atoms with E-state index in [-0.39, 0.29) is 11.6 Å². The average molecular weight is 527 g/mol. The lowest BCUT2D eigenvalue weighted by molar-refractivity contribution is 0.300. The molecule has 38 heavy (non-hydrogen) atoms. The molecule has 6 rings (SSSR count). The number of halogens is 1. The van der Waals surface area contributed by atoms with E-state index in [1.54, 1.807) is 24.8 Å². The first-order chi connectivity index (χ1) is 18.5. The van der Waals surface area contributed by atoms with Crippen molar-refractivity contribution in [3.8, 4) is 17.1 Å². The zero-order valence-electron chi connectivity index (χ0n) is 20.9. The van der Waals surface area contributed by atoms with Crippen LogP contribution in [0.15, 0.2) is 78.1 Å². The summed E-state index contributed by atoms with van der Waals surface area (Å²) in [6.45, 7) is 3.24. The molecule has 1 saturated carbocycles. The van der Waals surface area contributed by atoms with Crippen molar-refractivity contribution in [2.45, 2.75) is 32.4 Å². The first kappa shape index (κ1) is 24.2. The van der Waals surface area contributed by atoms with E-state index in [2.05, 4.69) is 32.4 Å². The van der Waals surface area contributed by atoms with Crippen molar-refractivity contribution >= 4 is 28.5 Å². The van der Waals surface area contributed by atoms with Gasteiger partial charge in [-0.25, -0.2) is 15.0 Å². The predicted molar refractivity (Wildman–Crippen MR) is 149 cm³/mol. The zero-order chi connectivity index (χ0) is 26.1. The van der Waals surface area contributed by atoms with Crippen molar-refractivity contribution in [1.82, 2.24) is 24.5 Å². The lowest BCUT2D eigenvalue weighted by Gasteiger charge is -2.15. The molecular weight excluding hydrogens is 500 g/mol. The van der Waals surface area contributed by atoms with E-state index in [0.29, 0.717) is 46.9 Å². The number of hydrogen-bond donors (Lipinski definition) is 2. The van der Waals surface area contributed by atoms with Gasteiger partial charge in [-0.05, 0) is 49.4 Å². The van der Waals surface area contributed by atoms with E-state index in [1.807, 2.05) is 47.9 Å². The number of nitrogens with zero attached hydrogens (tertiary/aromatic N) is 4. The van der Waals surface area contributed by atoms with Crippen LogP contribution >= 0.6 is 11.6 Å². The minimum atomic E-state index is -0.350. The standard InChI is InChI=1S/C29H27ClN6O2/c1-18(22-11-21-12-23(30)27(38-16-20-7-8-20)13-25(21)34-28(22)37)33-29-32-10-9-24(35-29)26-14-31-17-36(26)15-19-5-3-2-4-6-19/h2-6,9-14,17-18,20H,7-8,15-16H2,1H3,(H,34,37)(H,32,33,35)/t18-/m0/s1. The largest absolute Gasteiger partial charge is 0.492 e. The summed E-state index contributed by atoms with van der Waals surface area (Å²) in [6.07, 6.45) is 7.67. The summed E-state index contributed by atoms with van der Waals surface area (Å²) in [6, 6.07) is 17.2. The number of benzene rings is 2. The third-order valence-electron chi connectivity index (χ3n) is 6.74. The summed E-state index contributed by atoms with van der Waals surface area (Å²) in [7, 11) is 0. The van der Waals surface area contributed by atoms with Crippen LogP contribution in [0.5, 0.6) is 5.75 Å². The fraction of sp³-hybridized carbons (Fsp3) is 0.241. The zero-order valence-corrected chi connectivity index (χ0v) is 21.7. The Balaban J connectivity index is 1.22. The topological polar surface area (TPSA) is 97.7 Å². The van der Waals surface area contributed by atoms with Gasteiger partial charge < -0.3 is 19.6 Å². The third-order valence-corrected chi connectivity index (χ3v) is 7.03. The lowest BCUT2D eigenvalue weighted by atomic mass is 10.1. The molecule has 0 bridgehead atoms. The minimum Gasteiger partial charge on any atom is -0.492 e. The summed E-state index contributed by atoms with van der Waals surface area (Å²) >= 11 is 6.48. The molecule has 0 radical (unpaired) electrons. The molecule has 1 atom stereocenters. The first-order valence-corrected chi connectivity index (χ1v) is 13.0. The Bertz CT molecular complexity index is 1640. The summed E-state index contributed by atoms with van der Waals surface area (Å²) in [5, 5.41) is 4.63. The van der Waals surface area contributed by atoms with Crippen LogP contribution in [-0.2, 0) is 6.54 Å². The van der Waals surface area contributed by atoms with Gasteiger partial charge in [0.1, 0.15) is 5.75 Å². The van der Waals surface area contributed by atoms with Crippen molar-refractivity contribution in [3.63, 3.8) is 0 Å². The minimum absolute atomic E-state index is 0.190. The van der Waals surface area contributed by atoms with Gasteiger partial charge in [0, 0.05) is 29.8 Å². The Hall–Kier alpha value is -4.17. The maximum Gasteiger partial charge on any atom is 0.253 e. The number of anilines is 1. The highest BCUT2D eigenvalue weighted by molar-refractivity contribution is 6.32. The van der Waals surface area contributed by atoms with Gasteiger partial charge in [-0.1, -0.05) is 41.9 Å². The smallest absolute Gasteiger partial charge is 0.253 e. The van der Waals surface area contributed by atoms with E-state index in [9.17, 15) is 4.79 Å². The van der Waals surface area contributed by atoms with Gasteiger partial charge >= 0.3 is 0 Å². The molecule has 3 heterocycles. The number of hydrogen-bond acceptors (Lipinski definition) is 6. The maximum absolute atomic E-state index is 13.0. The van der Waals surface area contributed by atoms with Gasteiger partial charge in [-0.15, -0.1) is 0 Å². The molecule has 5 aromatic rings. The Morgan fingerprint density at radius 2 is 2.03 bits per heavy atom. The van der Waals surface area contributed by atoms with Crippen molar-refractivity contribution < 1.29 is 4.74 Å². The van der Waals surface area contributed by atoms with Crippen molar-refractivity contribution in [3.05, 3.63) is 99.8 Å². The highest BCUT2D eigenvalue weighted by Gasteiger charge is 2.22. The molecule has 1 aliphatic carbocycles. The summed E-state index contributed by atoms with van der Waals surface area (Å²) in [5.74, 6) is 1.63. The van der Waals surface area contributed by atoms with Crippen LogP contribution < -0.4 is 15.6 Å². The molecule has 0 amide bonds. The summed E-state index contributed by atoms with van der Waals surface area (Å²) in [5.41, 5.74) is 3.84. The Labute approximate surface area is 224 Å². The molecule has 3 aromatic heterocycles. The fourth-order valence-electron chi connectivity index (χ4n) is 4.43. The molecule has 9 heteroatoms. The van der Waals surface area contributed by atoms with Gasteiger partial charge in [-0.2, -0.15) is 0 Å². The summed E-state index contributed by atoms with van der Waals surface area (Å²) < 4.78 is 7.91. The lowest BCUT2D eigenvalue weighted by Crippen LogP contribution is -2.20. The second-order valence-corrected chi connectivity index (χ2v) is 10.1. The van der Waals surface area contributed by atoms with Crippen LogP contribution in [0.2, 0.25) is 5.02 Å². The van der Waals surface area contributed by atoms with Crippen molar-refractivity contribution in [2.24, 2.45) is 5.92 Å². The van der Waals surface area contributed by atoms with Gasteiger partial charge in [0.25, 0.3) is 5.56 Å². The molecule has 1 aliphatic rings. The van der Waals surface area contributed by atoms with Gasteiger partial charge in [0.2, 0.25) is 5.95 Å². The highest BCUT2D eigenvalue weighted by atomic mass is 35.5. The van der Waals surface area contributed by atoms with Crippen molar-refractivity contribution in [1.29, 1.82) is 0 Å². The Morgan fingerprint density at radius 3 is 2.84 bits per heavy atom. The number of H-pyrrole nitrogens is 1. The number of nitrogens with one attached hydrogen (secondary N) is 2. The molecule has 0 aliphatic heterocycles. The van der Waals surface area contributed by atoms with Gasteiger partial charge in [0.15, 0.2) is 0 Å². The monoisotopic (exact) mass is 526 g/mol. The molecule has 0 saturated heterocycles. The quantitative estimate of drug-likeness (QED) is 0.250. The van der Waals surface area contributed by atoms with Crippen LogP contribution in [-0.4, -0.2) is 31.1 Å². The number of aromatic nitrogens is 5. The van der Waals surface area contributed by atoms with Crippen LogP contribution in [0.4, 0.5) is 5.95 Å². The molecule has 2 N–H and O–H groups in total. The average Bonchev–Trinajstić information content (AvgIpc) is 3.64. The maximum atomic E-state index is 13.0. The number of ether oxygens (including phenoxy) is 1. The number of pyridine rings is 1. The van der Waals surface area contributed by atoms with Crippen LogP contribution in [0.1, 0.15) is 36.9 Å². The summed E-state index contributed by atoms with van der Waals surface area (Å²) in [4.78, 5) is 29.4. The predicted octanol–water partition coefficient (Wildman–Crippen LogP) is 5.85. The van der Waals surface area contributed by atoms with Crippen LogP contribution in [0, 0.1) is 5.92 Å². The van der Waals surface area contributed by atoms with Crippen molar-refractivity contribution in [2.75, 3.05) is 11.9 Å². The van der Waals surface area contributed by atoms with E-state index >= 15 is 0 Å². The number of fused-ring (bicyclic) bond motifs is 1. The number of rotatable bonds is 9. The second kappa shape index (κ2) is 10.3. The van der Waals surface area contributed by atoms with Crippen LogP contribution in [0.3, 0.4) is 0 Å². The van der Waals surface area contributed by atoms with E-state index < -0.39 is 0 Å². The molecule has 0 spiro atoms. The molecule has 1 fully saturated rings. The highest BCUT2D eigenvalue weighted by Crippen LogP contribution is 2.34. The molecule has 8 nitrogen and oxygen atoms in total. The second-order valence-electron chi connectivity index (χ2n) is 9.70. The molecule has 2 aromatic carbocycles. The third kappa shape index (κ3) is 5.26. The van der Waals surface area contributed by atoms with Gasteiger partial charge in [0.05, 0.1) is 47.1 Å². The van der Waals surface area contributed by atoms with E-state index in [0.717, 1.165) is 16.8 Å². The Kier molecular flexibility index (Phi) is 6.55. The van der Waals surface area contributed by atoms with E-state index in [1.165, 1.54) is 18.4 Å².